The van der Waals surface area contributed by atoms with Crippen molar-refractivity contribution in [1.82, 2.24) is 0 Å². The van der Waals surface area contributed by atoms with Gasteiger partial charge in [-0.15, -0.1) is 0 Å². The number of rotatable bonds is 7. The van der Waals surface area contributed by atoms with Gasteiger partial charge < -0.3 is 0 Å². The van der Waals surface area contributed by atoms with Gasteiger partial charge in [0.15, 0.2) is 0 Å². The van der Waals surface area contributed by atoms with Crippen LogP contribution in [0, 0.1) is 5.92 Å². The van der Waals surface area contributed by atoms with Crippen molar-refractivity contribution in [3.8, 4) is 0 Å². The Labute approximate surface area is 190 Å². The number of fused-ring (bicyclic) bond motifs is 1. The maximum Gasteiger partial charge on any atom is 0.422 e. The van der Waals surface area contributed by atoms with E-state index in [0.717, 1.165) is 35.3 Å². The molecule has 4 atom stereocenters. The van der Waals surface area contributed by atoms with Crippen molar-refractivity contribution >= 4 is 17.5 Å². The first-order valence-electron chi connectivity index (χ1n) is 11.1. The molecule has 0 saturated heterocycles. The third-order valence-electron chi connectivity index (χ3n) is 6.59. The van der Waals surface area contributed by atoms with E-state index in [0.29, 0.717) is 0 Å². The van der Waals surface area contributed by atoms with E-state index < -0.39 is 29.3 Å². The van der Waals surface area contributed by atoms with Gasteiger partial charge in [-0.05, 0) is 53.1 Å². The van der Waals surface area contributed by atoms with E-state index in [1.165, 1.54) is 0 Å². The molecule has 0 aromatic heterocycles. The van der Waals surface area contributed by atoms with E-state index in [2.05, 4.69) is 0 Å². The van der Waals surface area contributed by atoms with Crippen molar-refractivity contribution < 1.29 is 16.4 Å². The van der Waals surface area contributed by atoms with Crippen molar-refractivity contribution in [3.63, 3.8) is 0 Å². The molecule has 0 nitrogen and oxygen atoms in total. The van der Waals surface area contributed by atoms with E-state index in [-0.39, 0.29) is 23.9 Å². The highest BCUT2D eigenvalue weighted by molar-refractivity contribution is 6.65. The summed E-state index contributed by atoms with van der Waals surface area (Å²) in [5, 5.41) is 0. The topological polar surface area (TPSA) is 0 Å². The summed E-state index contributed by atoms with van der Waals surface area (Å²) < 4.78 is 58.4. The van der Waals surface area contributed by atoms with E-state index in [1.54, 1.807) is 0 Å². The highest BCUT2D eigenvalue weighted by atomic mass is 28.4. The predicted octanol–water partition coefficient (Wildman–Crippen LogP) is 8.34. The maximum atomic E-state index is 14.6. The van der Waals surface area contributed by atoms with Crippen LogP contribution < -0.4 is 0 Å². The molecule has 0 N–H and O–H groups in total. The summed E-state index contributed by atoms with van der Waals surface area (Å²) in [7, 11) is -8.91. The average molecular weight is 473 g/mol. The SMILES string of the molecule is C[Si](F)(F)C[C@@H]1c2ccccc2[C@H](c2ccccc2)[C@H]1[C@@H](C[Si](C)(F)F)c1ccccc1. The Bertz CT molecular complexity index is 1030. The van der Waals surface area contributed by atoms with Crippen LogP contribution in [0.1, 0.15) is 40.0 Å². The summed E-state index contributed by atoms with van der Waals surface area (Å²) in [5.74, 6) is -1.45. The fraction of sp³-hybridized carbons (Fsp3) is 0.308. The molecular weight excluding hydrogens is 444 g/mol. The Hall–Kier alpha value is -2.19. The molecule has 3 aromatic rings. The molecule has 0 bridgehead atoms. The number of benzene rings is 3. The van der Waals surface area contributed by atoms with E-state index in [9.17, 15) is 16.4 Å². The molecule has 32 heavy (non-hydrogen) atoms. The van der Waals surface area contributed by atoms with E-state index >= 15 is 0 Å². The minimum absolute atomic E-state index is 0.185. The second-order valence-electron chi connectivity index (χ2n) is 9.27. The highest BCUT2D eigenvalue weighted by Crippen LogP contribution is 2.59. The lowest BCUT2D eigenvalue weighted by Crippen LogP contribution is -2.31. The molecule has 4 rings (SSSR count). The predicted molar refractivity (Wildman–Crippen MR) is 127 cm³/mol. The quantitative estimate of drug-likeness (QED) is 0.184. The number of hydrogen-bond acceptors (Lipinski definition) is 0. The number of hydrogen-bond donors (Lipinski definition) is 0. The van der Waals surface area contributed by atoms with Crippen LogP contribution in [-0.4, -0.2) is 17.5 Å². The lowest BCUT2D eigenvalue weighted by atomic mass is 9.73. The standard InChI is InChI=1S/C26H28F4Si2/c1-31(27,28)17-23(19-11-5-3-6-12-19)26-24(18-32(2,29)30)21-15-9-10-16-22(21)25(26)20-13-7-4-8-14-20/h3-16,23-26H,17-18H2,1-2H3/t23-,24+,25-,26-/m0/s1. The third kappa shape index (κ3) is 5.07. The summed E-state index contributed by atoms with van der Waals surface area (Å²) in [4.78, 5) is 0. The van der Waals surface area contributed by atoms with Crippen LogP contribution in [0.3, 0.4) is 0 Å². The first kappa shape index (κ1) is 23.0. The monoisotopic (exact) mass is 472 g/mol. The van der Waals surface area contributed by atoms with Gasteiger partial charge in [0.05, 0.1) is 0 Å². The minimum Gasteiger partial charge on any atom is -0.271 e. The summed E-state index contributed by atoms with van der Waals surface area (Å²) in [6.07, 6.45) is 0. The van der Waals surface area contributed by atoms with Gasteiger partial charge in [-0.3, -0.25) is 16.4 Å². The second-order valence-corrected chi connectivity index (χ2v) is 14.4. The van der Waals surface area contributed by atoms with Crippen LogP contribution in [0.25, 0.3) is 0 Å². The van der Waals surface area contributed by atoms with Crippen LogP contribution in [0.15, 0.2) is 84.9 Å². The zero-order chi connectivity index (χ0) is 22.9. The van der Waals surface area contributed by atoms with Gasteiger partial charge in [-0.1, -0.05) is 84.9 Å². The van der Waals surface area contributed by atoms with Crippen molar-refractivity contribution in [2.24, 2.45) is 5.92 Å². The van der Waals surface area contributed by atoms with Crippen molar-refractivity contribution in [1.29, 1.82) is 0 Å². The second kappa shape index (κ2) is 8.98. The molecule has 0 unspecified atom stereocenters. The fourth-order valence-corrected chi connectivity index (χ4v) is 8.09. The maximum absolute atomic E-state index is 14.6. The largest absolute Gasteiger partial charge is 0.422 e. The molecule has 0 radical (unpaired) electrons. The van der Waals surface area contributed by atoms with E-state index in [1.807, 2.05) is 84.9 Å². The molecule has 0 amide bonds. The van der Waals surface area contributed by atoms with Crippen LogP contribution >= 0.6 is 0 Å². The van der Waals surface area contributed by atoms with Crippen LogP contribution in [0.4, 0.5) is 16.4 Å². The molecule has 0 heterocycles. The van der Waals surface area contributed by atoms with Gasteiger partial charge >= 0.3 is 17.5 Å². The van der Waals surface area contributed by atoms with Gasteiger partial charge in [0.25, 0.3) is 0 Å². The molecule has 1 aliphatic rings. The molecule has 3 aromatic carbocycles. The minimum atomic E-state index is -4.47. The summed E-state index contributed by atoms with van der Waals surface area (Å²) in [6, 6.07) is 26.4. The first-order chi connectivity index (χ1) is 15.1. The summed E-state index contributed by atoms with van der Waals surface area (Å²) >= 11 is 0. The average Bonchev–Trinajstić information content (AvgIpc) is 3.05. The first-order valence-corrected chi connectivity index (χ1v) is 16.0. The normalized spacial score (nSPS) is 21.9. The van der Waals surface area contributed by atoms with Gasteiger partial charge in [-0.2, -0.15) is 0 Å². The summed E-state index contributed by atoms with van der Waals surface area (Å²) in [6.45, 7) is 2.14. The molecule has 0 spiro atoms. The van der Waals surface area contributed by atoms with Crippen molar-refractivity contribution in [3.05, 3.63) is 107 Å². The Morgan fingerprint density at radius 3 is 1.78 bits per heavy atom. The van der Waals surface area contributed by atoms with E-state index in [4.69, 9.17) is 0 Å². The van der Waals surface area contributed by atoms with Crippen LogP contribution in [0.5, 0.6) is 0 Å². The molecule has 0 fully saturated rings. The molecule has 6 heteroatoms. The van der Waals surface area contributed by atoms with Crippen LogP contribution in [0.2, 0.25) is 25.2 Å². The Kier molecular flexibility index (Phi) is 6.45. The lowest BCUT2D eigenvalue weighted by Gasteiger charge is -2.35. The van der Waals surface area contributed by atoms with Gasteiger partial charge in [0, 0.05) is 18.0 Å². The lowest BCUT2D eigenvalue weighted by molar-refractivity contribution is 0.355. The summed E-state index contributed by atoms with van der Waals surface area (Å²) in [5.41, 5.74) is 3.75. The Balaban J connectivity index is 1.92. The zero-order valence-corrected chi connectivity index (χ0v) is 20.3. The Morgan fingerprint density at radius 2 is 1.22 bits per heavy atom. The molecule has 168 valence electrons. The molecular formula is C26H28F4Si2. The third-order valence-corrected chi connectivity index (χ3v) is 8.90. The number of halogens is 4. The van der Waals surface area contributed by atoms with Gasteiger partial charge in [0.2, 0.25) is 0 Å². The Morgan fingerprint density at radius 1 is 0.688 bits per heavy atom. The molecule has 0 saturated carbocycles. The van der Waals surface area contributed by atoms with Crippen LogP contribution in [-0.2, 0) is 0 Å². The molecule has 0 aliphatic heterocycles. The highest BCUT2D eigenvalue weighted by Gasteiger charge is 2.51. The van der Waals surface area contributed by atoms with Crippen molar-refractivity contribution in [2.75, 3.05) is 0 Å². The zero-order valence-electron chi connectivity index (χ0n) is 18.3. The fourth-order valence-electron chi connectivity index (χ4n) is 5.55. The van der Waals surface area contributed by atoms with Gasteiger partial charge in [0.1, 0.15) is 0 Å². The smallest absolute Gasteiger partial charge is 0.271 e. The van der Waals surface area contributed by atoms with Crippen molar-refractivity contribution in [2.45, 2.75) is 42.9 Å². The molecule has 1 aliphatic carbocycles. The van der Waals surface area contributed by atoms with Gasteiger partial charge in [-0.25, -0.2) is 0 Å².